The van der Waals surface area contributed by atoms with Crippen LogP contribution in [0.25, 0.3) is 0 Å². The largest absolute Gasteiger partial charge is 0.356 e. The van der Waals surface area contributed by atoms with Crippen molar-refractivity contribution in [3.05, 3.63) is 12.4 Å². The summed E-state index contributed by atoms with van der Waals surface area (Å²) in [6, 6.07) is 0. The molecule has 0 aliphatic carbocycles. The fourth-order valence-corrected chi connectivity index (χ4v) is 6.72. The van der Waals surface area contributed by atoms with Gasteiger partial charge in [-0.2, -0.15) is 0 Å². The van der Waals surface area contributed by atoms with Crippen molar-refractivity contribution in [2.45, 2.75) is 226 Å². The number of hydrogen-bond acceptors (Lipinski definition) is 2. The summed E-state index contributed by atoms with van der Waals surface area (Å²) in [7, 11) is 0. The first-order valence-electron chi connectivity index (χ1n) is 19.5. The molecule has 0 aromatic carbocycles. The van der Waals surface area contributed by atoms with Crippen molar-refractivity contribution in [2.75, 3.05) is 13.1 Å². The lowest BCUT2D eigenvalue weighted by atomic mass is 10.0. The van der Waals surface area contributed by atoms with Crippen LogP contribution in [0.3, 0.4) is 0 Å². The quantitative estimate of drug-likeness (QED) is 0.0719. The minimum Gasteiger partial charge on any atom is -0.356 e. The van der Waals surface area contributed by atoms with Gasteiger partial charge in [-0.25, -0.2) is 0 Å². The summed E-state index contributed by atoms with van der Waals surface area (Å²) in [5, 5.41) is 0. The first-order valence-corrected chi connectivity index (χ1v) is 19.5. The van der Waals surface area contributed by atoms with Crippen molar-refractivity contribution in [3.63, 3.8) is 0 Å². The average molecular weight is 575 g/mol. The smallest absolute Gasteiger partial charge is 0.101 e. The molecule has 1 aliphatic rings. The molecule has 0 fully saturated rings. The van der Waals surface area contributed by atoms with E-state index in [2.05, 4.69) is 43.0 Å². The topological polar surface area (TPSA) is 6.48 Å². The zero-order chi connectivity index (χ0) is 29.5. The van der Waals surface area contributed by atoms with Gasteiger partial charge in [0.25, 0.3) is 0 Å². The number of hydrogen-bond donors (Lipinski definition) is 0. The number of unbranched alkanes of at least 4 members (excludes halogenated alkanes) is 27. The zero-order valence-electron chi connectivity index (χ0n) is 29.0. The molecule has 2 nitrogen and oxygen atoms in total. The molecule has 0 saturated carbocycles. The van der Waals surface area contributed by atoms with Crippen LogP contribution >= 0.6 is 0 Å². The summed E-state index contributed by atoms with van der Waals surface area (Å²) >= 11 is 0. The highest BCUT2D eigenvalue weighted by Gasteiger charge is 2.24. The van der Waals surface area contributed by atoms with Gasteiger partial charge >= 0.3 is 0 Å². The lowest BCUT2D eigenvalue weighted by Crippen LogP contribution is -2.39. The molecule has 1 heterocycles. The maximum atomic E-state index is 2.71. The molecule has 0 radical (unpaired) electrons. The maximum Gasteiger partial charge on any atom is 0.101 e. The van der Waals surface area contributed by atoms with E-state index in [-0.39, 0.29) is 0 Å². The fraction of sp³-hybridized carbons (Fsp3) is 0.949. The summed E-state index contributed by atoms with van der Waals surface area (Å²) in [5.41, 5.74) is 0. The van der Waals surface area contributed by atoms with E-state index in [0.717, 1.165) is 0 Å². The van der Waals surface area contributed by atoms with Gasteiger partial charge in [0.15, 0.2) is 0 Å². The van der Waals surface area contributed by atoms with E-state index in [1.54, 1.807) is 0 Å². The third kappa shape index (κ3) is 23.5. The SMILES string of the molecule is CCCCCCCCCCCCCCCC1N(CCCCCCCCCC)C=CN1CCCCCCCCCCC. The standard InChI is InChI=1S/C39H78N2/c1-4-7-10-13-16-19-20-21-22-23-25-28-31-34-39-40(35-32-29-26-18-15-12-9-6-3)37-38-41(39)36-33-30-27-24-17-14-11-8-5-2/h37-39H,4-36H2,1-3H3. The van der Waals surface area contributed by atoms with Crippen molar-refractivity contribution in [1.82, 2.24) is 9.80 Å². The van der Waals surface area contributed by atoms with Crippen LogP contribution in [0, 0.1) is 0 Å². The summed E-state index contributed by atoms with van der Waals surface area (Å²) in [6.45, 7) is 9.48. The molecule has 0 N–H and O–H groups in total. The van der Waals surface area contributed by atoms with Crippen molar-refractivity contribution >= 4 is 0 Å². The third-order valence-electron chi connectivity index (χ3n) is 9.57. The predicted octanol–water partition coefficient (Wildman–Crippen LogP) is 13.6. The predicted molar refractivity (Wildman–Crippen MR) is 186 cm³/mol. The molecule has 0 aromatic rings. The minimum atomic E-state index is 0.640. The molecule has 244 valence electrons. The van der Waals surface area contributed by atoms with Crippen LogP contribution in [0.2, 0.25) is 0 Å². The molecule has 1 unspecified atom stereocenters. The minimum absolute atomic E-state index is 0.640. The van der Waals surface area contributed by atoms with Crippen LogP contribution in [0.5, 0.6) is 0 Å². The Morgan fingerprint density at radius 3 is 0.854 bits per heavy atom. The lowest BCUT2D eigenvalue weighted by molar-refractivity contribution is 0.135. The monoisotopic (exact) mass is 575 g/mol. The van der Waals surface area contributed by atoms with Crippen molar-refractivity contribution in [2.24, 2.45) is 0 Å². The van der Waals surface area contributed by atoms with Crippen LogP contribution in [-0.4, -0.2) is 29.1 Å². The number of nitrogens with zero attached hydrogens (tertiary/aromatic N) is 2. The molecule has 1 rings (SSSR count). The Bertz CT molecular complexity index is 530. The van der Waals surface area contributed by atoms with Crippen molar-refractivity contribution < 1.29 is 0 Å². The maximum absolute atomic E-state index is 2.71. The van der Waals surface area contributed by atoms with Gasteiger partial charge < -0.3 is 9.80 Å². The van der Waals surface area contributed by atoms with Gasteiger partial charge in [-0.3, -0.25) is 0 Å². The van der Waals surface area contributed by atoms with Gasteiger partial charge in [0, 0.05) is 25.5 Å². The van der Waals surface area contributed by atoms with Crippen LogP contribution in [0.1, 0.15) is 220 Å². The van der Waals surface area contributed by atoms with Gasteiger partial charge in [-0.1, -0.05) is 194 Å². The normalized spacial score (nSPS) is 15.0. The highest BCUT2D eigenvalue weighted by atomic mass is 15.4. The summed E-state index contributed by atoms with van der Waals surface area (Å²) in [5.74, 6) is 0. The highest BCUT2D eigenvalue weighted by Crippen LogP contribution is 2.24. The second kappa shape index (κ2) is 30.8. The molecule has 1 atom stereocenters. The molecule has 41 heavy (non-hydrogen) atoms. The van der Waals surface area contributed by atoms with Crippen molar-refractivity contribution in [3.8, 4) is 0 Å². The van der Waals surface area contributed by atoms with E-state index < -0.39 is 0 Å². The Balaban J connectivity index is 2.22. The van der Waals surface area contributed by atoms with Gasteiger partial charge in [-0.15, -0.1) is 0 Å². The van der Waals surface area contributed by atoms with E-state index in [1.807, 2.05) is 0 Å². The van der Waals surface area contributed by atoms with Gasteiger partial charge in [0.2, 0.25) is 0 Å². The first kappa shape index (κ1) is 38.4. The Morgan fingerprint density at radius 2 is 0.561 bits per heavy atom. The van der Waals surface area contributed by atoms with E-state index in [0.29, 0.717) is 6.17 Å². The van der Waals surface area contributed by atoms with E-state index in [1.165, 1.54) is 212 Å². The summed E-state index contributed by atoms with van der Waals surface area (Å²) < 4.78 is 0. The lowest BCUT2D eigenvalue weighted by Gasteiger charge is -2.33. The summed E-state index contributed by atoms with van der Waals surface area (Å²) in [6.07, 6.45) is 49.9. The molecule has 0 amide bonds. The Hall–Kier alpha value is -0.660. The molecule has 0 saturated heterocycles. The van der Waals surface area contributed by atoms with Gasteiger partial charge in [0.1, 0.15) is 6.17 Å². The Morgan fingerprint density at radius 1 is 0.317 bits per heavy atom. The van der Waals surface area contributed by atoms with Gasteiger partial charge in [0.05, 0.1) is 0 Å². The Labute approximate surface area is 260 Å². The van der Waals surface area contributed by atoms with Gasteiger partial charge in [-0.05, 0) is 25.7 Å². The molecule has 1 aliphatic heterocycles. The third-order valence-corrected chi connectivity index (χ3v) is 9.57. The molecule has 0 bridgehead atoms. The highest BCUT2D eigenvalue weighted by molar-refractivity contribution is 4.97. The van der Waals surface area contributed by atoms with E-state index in [4.69, 9.17) is 0 Å². The van der Waals surface area contributed by atoms with E-state index >= 15 is 0 Å². The molecular formula is C39H78N2. The first-order chi connectivity index (χ1) is 20.3. The van der Waals surface area contributed by atoms with Crippen LogP contribution in [0.4, 0.5) is 0 Å². The zero-order valence-corrected chi connectivity index (χ0v) is 29.0. The molecular weight excluding hydrogens is 496 g/mol. The van der Waals surface area contributed by atoms with Crippen LogP contribution < -0.4 is 0 Å². The fourth-order valence-electron chi connectivity index (χ4n) is 6.72. The average Bonchev–Trinajstić information content (AvgIpc) is 3.37. The molecule has 0 aromatic heterocycles. The van der Waals surface area contributed by atoms with E-state index in [9.17, 15) is 0 Å². The van der Waals surface area contributed by atoms with Crippen LogP contribution in [-0.2, 0) is 0 Å². The second-order valence-electron chi connectivity index (χ2n) is 13.6. The summed E-state index contributed by atoms with van der Waals surface area (Å²) in [4.78, 5) is 5.43. The molecule has 0 spiro atoms. The molecule has 2 heteroatoms. The van der Waals surface area contributed by atoms with Crippen LogP contribution in [0.15, 0.2) is 12.4 Å². The number of rotatable bonds is 33. The Kier molecular flexibility index (Phi) is 28.8. The second-order valence-corrected chi connectivity index (χ2v) is 13.6. The van der Waals surface area contributed by atoms with Crippen molar-refractivity contribution in [1.29, 1.82) is 0 Å².